The van der Waals surface area contributed by atoms with Crippen LogP contribution in [0.25, 0.3) is 0 Å². The van der Waals surface area contributed by atoms with E-state index in [0.717, 1.165) is 25.9 Å². The summed E-state index contributed by atoms with van der Waals surface area (Å²) in [6.07, 6.45) is 2.27. The highest BCUT2D eigenvalue weighted by atomic mass is 16.2. The molecule has 0 aromatic carbocycles. The summed E-state index contributed by atoms with van der Waals surface area (Å²) in [5.74, 6) is -0.101. The summed E-state index contributed by atoms with van der Waals surface area (Å²) in [5, 5.41) is 5.96. The molecule has 0 spiro atoms. The number of hydrogen-bond donors (Lipinski definition) is 2. The van der Waals surface area contributed by atoms with Crippen LogP contribution in [0.1, 0.15) is 26.7 Å². The lowest BCUT2D eigenvalue weighted by Gasteiger charge is -2.27. The summed E-state index contributed by atoms with van der Waals surface area (Å²) in [6.45, 7) is 7.20. The van der Waals surface area contributed by atoms with Crippen LogP contribution in [0, 0.1) is 11.8 Å². The number of likely N-dealkylation sites (N-methyl/N-ethyl adjacent to an activating group) is 1. The summed E-state index contributed by atoms with van der Waals surface area (Å²) in [6, 6.07) is 0. The van der Waals surface area contributed by atoms with E-state index in [1.165, 1.54) is 4.90 Å². The van der Waals surface area contributed by atoms with E-state index in [-0.39, 0.29) is 0 Å². The maximum Gasteiger partial charge on any atom is 0.311 e. The first-order valence-corrected chi connectivity index (χ1v) is 6.74. The highest BCUT2D eigenvalue weighted by Crippen LogP contribution is 2.10. The van der Waals surface area contributed by atoms with Crippen molar-refractivity contribution in [1.29, 1.82) is 0 Å². The SMILES string of the molecule is CC(C)CNC(=O)C(=O)N(C)CC1CCCNC1. The molecule has 0 aliphatic carbocycles. The smallest absolute Gasteiger partial charge is 0.311 e. The van der Waals surface area contributed by atoms with E-state index >= 15 is 0 Å². The molecule has 0 saturated carbocycles. The van der Waals surface area contributed by atoms with Crippen molar-refractivity contribution in [2.24, 2.45) is 11.8 Å². The number of nitrogens with one attached hydrogen (secondary N) is 2. The summed E-state index contributed by atoms with van der Waals surface area (Å²) >= 11 is 0. The molecule has 1 fully saturated rings. The topological polar surface area (TPSA) is 61.4 Å². The molecule has 1 atom stereocenters. The largest absolute Gasteiger partial charge is 0.348 e. The standard InChI is InChI=1S/C13H25N3O2/c1-10(2)7-15-12(17)13(18)16(3)9-11-5-4-6-14-8-11/h10-11,14H,4-9H2,1-3H3,(H,15,17). The van der Waals surface area contributed by atoms with Crippen molar-refractivity contribution < 1.29 is 9.59 Å². The van der Waals surface area contributed by atoms with E-state index in [9.17, 15) is 9.59 Å². The van der Waals surface area contributed by atoms with Crippen LogP contribution in [0.4, 0.5) is 0 Å². The molecule has 1 unspecified atom stereocenters. The van der Waals surface area contributed by atoms with Crippen LogP contribution < -0.4 is 10.6 Å². The molecule has 0 aromatic heterocycles. The minimum absolute atomic E-state index is 0.356. The van der Waals surface area contributed by atoms with Crippen LogP contribution >= 0.6 is 0 Å². The lowest BCUT2D eigenvalue weighted by Crippen LogP contribution is -2.45. The van der Waals surface area contributed by atoms with Gasteiger partial charge in [0.15, 0.2) is 0 Å². The van der Waals surface area contributed by atoms with Crippen LogP contribution in [-0.4, -0.2) is 49.9 Å². The molecule has 0 radical (unpaired) electrons. The average molecular weight is 255 g/mol. The van der Waals surface area contributed by atoms with Crippen molar-refractivity contribution in [3.8, 4) is 0 Å². The van der Waals surface area contributed by atoms with Crippen molar-refractivity contribution >= 4 is 11.8 Å². The summed E-state index contributed by atoms with van der Waals surface area (Å²) < 4.78 is 0. The first-order valence-electron chi connectivity index (χ1n) is 6.74. The number of carbonyl (C=O) groups is 2. The lowest BCUT2D eigenvalue weighted by molar-refractivity contribution is -0.145. The summed E-state index contributed by atoms with van der Waals surface area (Å²) in [4.78, 5) is 25.0. The van der Waals surface area contributed by atoms with Crippen LogP contribution in [0.2, 0.25) is 0 Å². The second-order valence-electron chi connectivity index (χ2n) is 5.50. The zero-order chi connectivity index (χ0) is 13.5. The normalized spacial score (nSPS) is 19.7. The van der Waals surface area contributed by atoms with Gasteiger partial charge in [0, 0.05) is 20.1 Å². The highest BCUT2D eigenvalue weighted by Gasteiger charge is 2.22. The molecule has 1 saturated heterocycles. The van der Waals surface area contributed by atoms with E-state index in [1.807, 2.05) is 13.8 Å². The Kier molecular flexibility index (Phi) is 6.12. The number of amides is 2. The Bertz CT molecular complexity index is 286. The molecule has 1 rings (SSSR count). The van der Waals surface area contributed by atoms with E-state index in [2.05, 4.69) is 10.6 Å². The molecule has 18 heavy (non-hydrogen) atoms. The predicted octanol–water partition coefficient (Wildman–Crippen LogP) is 0.217. The van der Waals surface area contributed by atoms with Gasteiger partial charge in [-0.2, -0.15) is 0 Å². The van der Waals surface area contributed by atoms with E-state index in [4.69, 9.17) is 0 Å². The number of nitrogens with zero attached hydrogens (tertiary/aromatic N) is 1. The maximum atomic E-state index is 11.8. The fourth-order valence-corrected chi connectivity index (χ4v) is 2.10. The fourth-order valence-electron chi connectivity index (χ4n) is 2.10. The Labute approximate surface area is 109 Å². The second-order valence-corrected chi connectivity index (χ2v) is 5.50. The Morgan fingerprint density at radius 2 is 2.17 bits per heavy atom. The maximum absolute atomic E-state index is 11.8. The predicted molar refractivity (Wildman–Crippen MR) is 71.1 cm³/mol. The van der Waals surface area contributed by atoms with Crippen molar-refractivity contribution in [2.45, 2.75) is 26.7 Å². The van der Waals surface area contributed by atoms with Crippen LogP contribution in [0.15, 0.2) is 0 Å². The van der Waals surface area contributed by atoms with E-state index in [1.54, 1.807) is 7.05 Å². The Morgan fingerprint density at radius 3 is 2.72 bits per heavy atom. The minimum atomic E-state index is -0.491. The van der Waals surface area contributed by atoms with Gasteiger partial charge >= 0.3 is 11.8 Å². The van der Waals surface area contributed by atoms with E-state index < -0.39 is 11.8 Å². The number of rotatable bonds is 4. The summed E-state index contributed by atoms with van der Waals surface area (Å²) in [7, 11) is 1.70. The molecule has 2 N–H and O–H groups in total. The zero-order valence-electron chi connectivity index (χ0n) is 11.7. The van der Waals surface area contributed by atoms with Crippen molar-refractivity contribution in [3.05, 3.63) is 0 Å². The lowest BCUT2D eigenvalue weighted by atomic mass is 9.99. The van der Waals surface area contributed by atoms with Crippen LogP contribution in [0.5, 0.6) is 0 Å². The molecule has 0 aromatic rings. The Morgan fingerprint density at radius 1 is 1.44 bits per heavy atom. The van der Waals surface area contributed by atoms with Gasteiger partial charge in [-0.15, -0.1) is 0 Å². The third kappa shape index (κ3) is 5.04. The number of piperidine rings is 1. The molecular formula is C13H25N3O2. The number of hydrogen-bond acceptors (Lipinski definition) is 3. The molecule has 1 heterocycles. The molecule has 2 amide bonds. The highest BCUT2D eigenvalue weighted by molar-refractivity contribution is 6.34. The van der Waals surface area contributed by atoms with Gasteiger partial charge in [-0.1, -0.05) is 13.8 Å². The third-order valence-corrected chi connectivity index (χ3v) is 3.14. The van der Waals surface area contributed by atoms with Crippen LogP contribution in [-0.2, 0) is 9.59 Å². The first-order chi connectivity index (χ1) is 8.50. The van der Waals surface area contributed by atoms with Crippen molar-refractivity contribution in [3.63, 3.8) is 0 Å². The van der Waals surface area contributed by atoms with Gasteiger partial charge in [-0.05, 0) is 37.8 Å². The van der Waals surface area contributed by atoms with Crippen molar-refractivity contribution in [2.75, 3.05) is 33.2 Å². The minimum Gasteiger partial charge on any atom is -0.348 e. The van der Waals surface area contributed by atoms with Gasteiger partial charge in [0.25, 0.3) is 0 Å². The molecular weight excluding hydrogens is 230 g/mol. The molecule has 5 nitrogen and oxygen atoms in total. The fraction of sp³-hybridized carbons (Fsp3) is 0.846. The van der Waals surface area contributed by atoms with Crippen molar-refractivity contribution in [1.82, 2.24) is 15.5 Å². The second kappa shape index (κ2) is 7.36. The first kappa shape index (κ1) is 15.0. The Balaban J connectivity index is 2.32. The van der Waals surface area contributed by atoms with Gasteiger partial charge in [-0.25, -0.2) is 0 Å². The Hall–Kier alpha value is -1.10. The quantitative estimate of drug-likeness (QED) is 0.706. The summed E-state index contributed by atoms with van der Waals surface area (Å²) in [5.41, 5.74) is 0. The third-order valence-electron chi connectivity index (χ3n) is 3.14. The van der Waals surface area contributed by atoms with Gasteiger partial charge < -0.3 is 15.5 Å². The monoisotopic (exact) mass is 255 g/mol. The molecule has 0 bridgehead atoms. The average Bonchev–Trinajstić information content (AvgIpc) is 2.36. The van der Waals surface area contributed by atoms with Gasteiger partial charge in [0.2, 0.25) is 0 Å². The molecule has 104 valence electrons. The molecule has 1 aliphatic heterocycles. The number of carbonyl (C=O) groups excluding carboxylic acids is 2. The molecule has 1 aliphatic rings. The molecule has 5 heteroatoms. The van der Waals surface area contributed by atoms with Gasteiger partial charge in [0.05, 0.1) is 0 Å². The zero-order valence-corrected chi connectivity index (χ0v) is 11.7. The van der Waals surface area contributed by atoms with Gasteiger partial charge in [0.1, 0.15) is 0 Å². The van der Waals surface area contributed by atoms with Gasteiger partial charge in [-0.3, -0.25) is 9.59 Å². The van der Waals surface area contributed by atoms with E-state index in [0.29, 0.717) is 24.9 Å². The van der Waals surface area contributed by atoms with Crippen LogP contribution in [0.3, 0.4) is 0 Å².